The van der Waals surface area contributed by atoms with Gasteiger partial charge in [0.15, 0.2) is 0 Å². The van der Waals surface area contributed by atoms with Crippen LogP contribution in [0.1, 0.15) is 11.1 Å². The van der Waals surface area contributed by atoms with Gasteiger partial charge in [0.2, 0.25) is 0 Å². The first-order chi connectivity index (χ1) is 15.0. The van der Waals surface area contributed by atoms with Gasteiger partial charge in [-0.2, -0.15) is 0 Å². The number of nitrogens with zero attached hydrogens (tertiary/aromatic N) is 1. The summed E-state index contributed by atoms with van der Waals surface area (Å²) in [4.78, 5) is 22.1. The SMILES string of the molecule is COc1ccc(CS[C@H]2CO[C@@H](CNC(=O)OCc3ccc([N+](=O)[O-])cc3)[C@@H]2O)cc1. The van der Waals surface area contributed by atoms with Crippen LogP contribution in [0.4, 0.5) is 10.5 Å². The number of non-ortho nitro benzene ring substituents is 1. The van der Waals surface area contributed by atoms with Crippen LogP contribution in [0.3, 0.4) is 0 Å². The van der Waals surface area contributed by atoms with Crippen LogP contribution in [0.2, 0.25) is 0 Å². The first-order valence-electron chi connectivity index (χ1n) is 9.64. The third-order valence-electron chi connectivity index (χ3n) is 4.82. The predicted octanol–water partition coefficient (Wildman–Crippen LogP) is 2.89. The number of alkyl carbamates (subject to hydrolysis) is 1. The Balaban J connectivity index is 1.37. The first-order valence-corrected chi connectivity index (χ1v) is 10.7. The van der Waals surface area contributed by atoms with Crippen LogP contribution in [0.5, 0.6) is 5.75 Å². The van der Waals surface area contributed by atoms with Gasteiger partial charge in [0.1, 0.15) is 18.5 Å². The number of benzene rings is 2. The summed E-state index contributed by atoms with van der Waals surface area (Å²) in [6, 6.07) is 13.5. The van der Waals surface area contributed by atoms with Gasteiger partial charge in [-0.1, -0.05) is 12.1 Å². The van der Waals surface area contributed by atoms with Gasteiger partial charge >= 0.3 is 6.09 Å². The molecule has 0 aromatic heterocycles. The Hall–Kier alpha value is -2.82. The minimum absolute atomic E-state index is 0.0156. The highest BCUT2D eigenvalue weighted by Crippen LogP contribution is 2.28. The van der Waals surface area contributed by atoms with Crippen molar-refractivity contribution in [3.05, 3.63) is 69.8 Å². The maximum atomic E-state index is 11.9. The average molecular weight is 448 g/mol. The number of nitro benzene ring substituents is 1. The number of methoxy groups -OCH3 is 1. The second kappa shape index (κ2) is 11.0. The number of aliphatic hydroxyl groups excluding tert-OH is 1. The van der Waals surface area contributed by atoms with E-state index in [2.05, 4.69) is 5.32 Å². The third kappa shape index (κ3) is 6.58. The van der Waals surface area contributed by atoms with Crippen molar-refractivity contribution in [3.63, 3.8) is 0 Å². The van der Waals surface area contributed by atoms with E-state index in [1.165, 1.54) is 24.3 Å². The molecule has 1 aliphatic rings. The fourth-order valence-corrected chi connectivity index (χ4v) is 4.15. The van der Waals surface area contributed by atoms with E-state index in [0.717, 1.165) is 17.1 Å². The number of hydrogen-bond donors (Lipinski definition) is 2. The molecule has 0 saturated carbocycles. The molecular weight excluding hydrogens is 424 g/mol. The number of carbonyl (C=O) groups is 1. The second-order valence-corrected chi connectivity index (χ2v) is 8.17. The van der Waals surface area contributed by atoms with Crippen molar-refractivity contribution in [1.29, 1.82) is 0 Å². The minimum atomic E-state index is -0.710. The van der Waals surface area contributed by atoms with Crippen molar-refractivity contribution in [2.24, 2.45) is 0 Å². The van der Waals surface area contributed by atoms with E-state index in [4.69, 9.17) is 14.2 Å². The topological polar surface area (TPSA) is 120 Å². The molecule has 31 heavy (non-hydrogen) atoms. The van der Waals surface area contributed by atoms with Gasteiger partial charge in [-0.3, -0.25) is 10.1 Å². The van der Waals surface area contributed by atoms with Crippen molar-refractivity contribution in [2.45, 2.75) is 29.8 Å². The lowest BCUT2D eigenvalue weighted by Gasteiger charge is -2.17. The Morgan fingerprint density at radius 1 is 1.23 bits per heavy atom. The van der Waals surface area contributed by atoms with E-state index in [-0.39, 0.29) is 24.1 Å². The largest absolute Gasteiger partial charge is 0.497 e. The molecule has 1 fully saturated rings. The van der Waals surface area contributed by atoms with E-state index in [9.17, 15) is 20.0 Å². The molecule has 10 heteroatoms. The molecule has 1 saturated heterocycles. The quantitative estimate of drug-likeness (QED) is 0.444. The predicted molar refractivity (Wildman–Crippen MR) is 115 cm³/mol. The zero-order valence-corrected chi connectivity index (χ0v) is 17.7. The number of nitrogens with one attached hydrogen (secondary N) is 1. The molecule has 0 radical (unpaired) electrons. The van der Waals surface area contributed by atoms with E-state index in [0.29, 0.717) is 12.2 Å². The molecule has 0 bridgehead atoms. The average Bonchev–Trinajstić information content (AvgIpc) is 3.14. The van der Waals surface area contributed by atoms with E-state index in [1.807, 2.05) is 24.3 Å². The molecule has 2 aromatic rings. The monoisotopic (exact) mass is 448 g/mol. The van der Waals surface area contributed by atoms with Gasteiger partial charge < -0.3 is 24.6 Å². The van der Waals surface area contributed by atoms with Crippen LogP contribution in [0, 0.1) is 10.1 Å². The number of rotatable bonds is 9. The number of aliphatic hydroxyl groups is 1. The fraction of sp³-hybridized carbons (Fsp3) is 0.381. The number of nitro groups is 1. The smallest absolute Gasteiger partial charge is 0.407 e. The van der Waals surface area contributed by atoms with Crippen LogP contribution in [-0.2, 0) is 21.8 Å². The molecule has 2 N–H and O–H groups in total. The zero-order chi connectivity index (χ0) is 22.2. The zero-order valence-electron chi connectivity index (χ0n) is 16.9. The van der Waals surface area contributed by atoms with Gasteiger partial charge in [0.05, 0.1) is 30.0 Å². The molecule has 2 aromatic carbocycles. The summed E-state index contributed by atoms with van der Waals surface area (Å²) in [5.74, 6) is 1.52. The molecule has 1 aliphatic heterocycles. The van der Waals surface area contributed by atoms with Gasteiger partial charge in [-0.25, -0.2) is 4.79 Å². The van der Waals surface area contributed by atoms with Crippen molar-refractivity contribution in [3.8, 4) is 5.75 Å². The Kier molecular flexibility index (Phi) is 8.10. The van der Waals surface area contributed by atoms with E-state index < -0.39 is 23.2 Å². The Labute approximate surface area is 183 Å². The highest BCUT2D eigenvalue weighted by Gasteiger charge is 2.36. The van der Waals surface area contributed by atoms with Crippen LogP contribution in [0.25, 0.3) is 0 Å². The van der Waals surface area contributed by atoms with Crippen molar-refractivity contribution in [2.75, 3.05) is 20.3 Å². The summed E-state index contributed by atoms with van der Waals surface area (Å²) in [6.45, 7) is 0.504. The van der Waals surface area contributed by atoms with Crippen LogP contribution < -0.4 is 10.1 Å². The summed E-state index contributed by atoms with van der Waals surface area (Å²) in [5.41, 5.74) is 1.72. The number of thioether (sulfide) groups is 1. The molecule has 0 aliphatic carbocycles. The van der Waals surface area contributed by atoms with Crippen molar-refractivity contribution < 1.29 is 29.0 Å². The second-order valence-electron chi connectivity index (χ2n) is 6.94. The summed E-state index contributed by atoms with van der Waals surface area (Å²) >= 11 is 1.60. The number of ether oxygens (including phenoxy) is 3. The van der Waals surface area contributed by atoms with E-state index in [1.54, 1.807) is 18.9 Å². The lowest BCUT2D eigenvalue weighted by molar-refractivity contribution is -0.384. The summed E-state index contributed by atoms with van der Waals surface area (Å²) in [7, 11) is 1.62. The summed E-state index contributed by atoms with van der Waals surface area (Å²) in [5, 5.41) is 23.6. The highest BCUT2D eigenvalue weighted by atomic mass is 32.2. The summed E-state index contributed by atoms with van der Waals surface area (Å²) in [6.07, 6.45) is -1.87. The van der Waals surface area contributed by atoms with Crippen molar-refractivity contribution >= 4 is 23.5 Å². The van der Waals surface area contributed by atoms with Crippen LogP contribution in [0.15, 0.2) is 48.5 Å². The lowest BCUT2D eigenvalue weighted by Crippen LogP contribution is -2.39. The molecule has 3 rings (SSSR count). The maximum absolute atomic E-state index is 11.9. The van der Waals surface area contributed by atoms with Gasteiger partial charge in [-0.15, -0.1) is 11.8 Å². The minimum Gasteiger partial charge on any atom is -0.497 e. The first kappa shape index (κ1) is 22.9. The van der Waals surface area contributed by atoms with Gasteiger partial charge in [0, 0.05) is 24.4 Å². The molecular formula is C21H24N2O7S. The molecule has 1 heterocycles. The maximum Gasteiger partial charge on any atom is 0.407 e. The fourth-order valence-electron chi connectivity index (χ4n) is 3.00. The van der Waals surface area contributed by atoms with Crippen LogP contribution in [-0.4, -0.2) is 53.8 Å². The Bertz CT molecular complexity index is 876. The Morgan fingerprint density at radius 2 is 1.90 bits per heavy atom. The molecule has 0 spiro atoms. The molecule has 0 unspecified atom stereocenters. The normalized spacial score (nSPS) is 20.3. The standard InChI is InChI=1S/C21H24N2O7S/c1-28-17-8-4-15(5-9-17)13-31-19-12-29-18(20(19)24)10-22-21(25)30-11-14-2-6-16(7-3-14)23(26)27/h2-9,18-20,24H,10-13H2,1H3,(H,22,25)/t18-,19-,20-/m0/s1. The third-order valence-corrected chi connectivity index (χ3v) is 6.17. The van der Waals surface area contributed by atoms with Gasteiger partial charge in [-0.05, 0) is 35.4 Å². The lowest BCUT2D eigenvalue weighted by atomic mass is 10.2. The van der Waals surface area contributed by atoms with Gasteiger partial charge in [0.25, 0.3) is 5.69 Å². The van der Waals surface area contributed by atoms with E-state index >= 15 is 0 Å². The molecule has 9 nitrogen and oxygen atoms in total. The molecule has 3 atom stereocenters. The van der Waals surface area contributed by atoms with Crippen LogP contribution >= 0.6 is 11.8 Å². The number of amides is 1. The molecule has 1 amide bonds. The molecule has 166 valence electrons. The highest BCUT2D eigenvalue weighted by molar-refractivity contribution is 7.99. The van der Waals surface area contributed by atoms with Crippen molar-refractivity contribution in [1.82, 2.24) is 5.32 Å². The Morgan fingerprint density at radius 3 is 2.55 bits per heavy atom. The summed E-state index contributed by atoms with van der Waals surface area (Å²) < 4.78 is 15.9. The number of hydrogen-bond acceptors (Lipinski definition) is 8. The number of carbonyl (C=O) groups excluding carboxylic acids is 1.